The van der Waals surface area contributed by atoms with Crippen LogP contribution in [0, 0.1) is 5.92 Å². The molecular formula is C16H20N2O3. The van der Waals surface area contributed by atoms with Crippen molar-refractivity contribution < 1.29 is 14.7 Å². The molecule has 2 unspecified atom stereocenters. The van der Waals surface area contributed by atoms with Crippen LogP contribution in [0.2, 0.25) is 0 Å². The number of carbonyl (C=O) groups is 2. The second-order valence-corrected chi connectivity index (χ2v) is 5.80. The lowest BCUT2D eigenvalue weighted by Gasteiger charge is -2.34. The van der Waals surface area contributed by atoms with Crippen LogP contribution in [0.1, 0.15) is 19.3 Å². The number of likely N-dealkylation sites (tertiary alicyclic amines) is 1. The summed E-state index contributed by atoms with van der Waals surface area (Å²) >= 11 is 0. The van der Waals surface area contributed by atoms with Crippen molar-refractivity contribution >= 4 is 17.6 Å². The SMILES string of the molecule is O=C(O)C1CCCN(C2CCN(c3ccccc3)C2=O)C1. The number of anilines is 1. The van der Waals surface area contributed by atoms with Gasteiger partial charge in [-0.3, -0.25) is 14.5 Å². The van der Waals surface area contributed by atoms with Gasteiger partial charge < -0.3 is 10.0 Å². The molecule has 1 aromatic carbocycles. The Hall–Kier alpha value is -1.88. The Balaban J connectivity index is 1.70. The van der Waals surface area contributed by atoms with E-state index in [1.54, 1.807) is 0 Å². The van der Waals surface area contributed by atoms with Gasteiger partial charge in [-0.15, -0.1) is 0 Å². The van der Waals surface area contributed by atoms with Crippen molar-refractivity contribution in [3.63, 3.8) is 0 Å². The average molecular weight is 288 g/mol. The van der Waals surface area contributed by atoms with E-state index in [9.17, 15) is 14.7 Å². The Kier molecular flexibility index (Phi) is 3.92. The van der Waals surface area contributed by atoms with Gasteiger partial charge in [-0.05, 0) is 37.9 Å². The molecule has 112 valence electrons. The summed E-state index contributed by atoms with van der Waals surface area (Å²) in [4.78, 5) is 27.7. The first-order valence-electron chi connectivity index (χ1n) is 7.50. The molecule has 21 heavy (non-hydrogen) atoms. The van der Waals surface area contributed by atoms with Gasteiger partial charge in [0.15, 0.2) is 0 Å². The number of carboxylic acids is 1. The van der Waals surface area contributed by atoms with E-state index < -0.39 is 5.97 Å². The summed E-state index contributed by atoms with van der Waals surface area (Å²) in [6, 6.07) is 9.51. The van der Waals surface area contributed by atoms with Crippen molar-refractivity contribution in [2.75, 3.05) is 24.5 Å². The lowest BCUT2D eigenvalue weighted by atomic mass is 9.96. The first-order valence-corrected chi connectivity index (χ1v) is 7.50. The molecule has 5 heteroatoms. The van der Waals surface area contributed by atoms with E-state index in [1.165, 1.54) is 0 Å². The fraction of sp³-hybridized carbons (Fsp3) is 0.500. The van der Waals surface area contributed by atoms with Gasteiger partial charge in [0, 0.05) is 18.8 Å². The highest BCUT2D eigenvalue weighted by atomic mass is 16.4. The zero-order chi connectivity index (χ0) is 14.8. The molecule has 2 fully saturated rings. The van der Waals surface area contributed by atoms with Crippen LogP contribution in [-0.2, 0) is 9.59 Å². The maximum Gasteiger partial charge on any atom is 0.307 e. The molecule has 1 amide bonds. The summed E-state index contributed by atoms with van der Waals surface area (Å²) in [6.07, 6.45) is 2.35. The van der Waals surface area contributed by atoms with E-state index in [0.29, 0.717) is 13.1 Å². The summed E-state index contributed by atoms with van der Waals surface area (Å²) in [7, 11) is 0. The van der Waals surface area contributed by atoms with Gasteiger partial charge in [0.2, 0.25) is 5.91 Å². The number of nitrogens with zero attached hydrogens (tertiary/aromatic N) is 2. The first-order chi connectivity index (χ1) is 10.2. The van der Waals surface area contributed by atoms with E-state index >= 15 is 0 Å². The largest absolute Gasteiger partial charge is 0.481 e. The maximum atomic E-state index is 12.6. The fourth-order valence-electron chi connectivity index (χ4n) is 3.36. The summed E-state index contributed by atoms with van der Waals surface area (Å²) in [5.74, 6) is -0.977. The second kappa shape index (κ2) is 5.85. The molecule has 2 heterocycles. The van der Waals surface area contributed by atoms with Crippen LogP contribution in [0.3, 0.4) is 0 Å². The van der Waals surface area contributed by atoms with Crippen molar-refractivity contribution in [2.45, 2.75) is 25.3 Å². The van der Waals surface area contributed by atoms with E-state index in [2.05, 4.69) is 4.90 Å². The van der Waals surface area contributed by atoms with Crippen LogP contribution >= 0.6 is 0 Å². The highest BCUT2D eigenvalue weighted by Gasteiger charge is 2.39. The summed E-state index contributed by atoms with van der Waals surface area (Å²) < 4.78 is 0. The van der Waals surface area contributed by atoms with Crippen molar-refractivity contribution in [3.05, 3.63) is 30.3 Å². The third-order valence-electron chi connectivity index (χ3n) is 4.49. The second-order valence-electron chi connectivity index (χ2n) is 5.80. The van der Waals surface area contributed by atoms with Crippen LogP contribution in [0.25, 0.3) is 0 Å². The van der Waals surface area contributed by atoms with E-state index in [0.717, 1.165) is 31.5 Å². The smallest absolute Gasteiger partial charge is 0.307 e. The Morgan fingerprint density at radius 2 is 1.90 bits per heavy atom. The summed E-state index contributed by atoms with van der Waals surface area (Å²) in [5, 5.41) is 9.17. The molecule has 5 nitrogen and oxygen atoms in total. The highest BCUT2D eigenvalue weighted by molar-refractivity contribution is 5.99. The van der Waals surface area contributed by atoms with Crippen molar-refractivity contribution in [1.29, 1.82) is 0 Å². The number of hydrogen-bond donors (Lipinski definition) is 1. The average Bonchev–Trinajstić information content (AvgIpc) is 2.90. The van der Waals surface area contributed by atoms with Crippen molar-refractivity contribution in [2.24, 2.45) is 5.92 Å². The third-order valence-corrected chi connectivity index (χ3v) is 4.49. The minimum Gasteiger partial charge on any atom is -0.481 e. The zero-order valence-corrected chi connectivity index (χ0v) is 11.9. The number of aliphatic carboxylic acids is 1. The number of carboxylic acid groups (broad SMARTS) is 1. The monoisotopic (exact) mass is 288 g/mol. The standard InChI is InChI=1S/C16H20N2O3/c19-15-14(17-9-4-5-12(11-17)16(20)21)8-10-18(15)13-6-2-1-3-7-13/h1-3,6-7,12,14H,4-5,8-11H2,(H,20,21). The third kappa shape index (κ3) is 2.78. The molecular weight excluding hydrogens is 268 g/mol. The summed E-state index contributed by atoms with van der Waals surface area (Å²) in [5.41, 5.74) is 0.928. The van der Waals surface area contributed by atoms with Gasteiger partial charge in [0.05, 0.1) is 12.0 Å². The lowest BCUT2D eigenvalue weighted by Crippen LogP contribution is -2.48. The Morgan fingerprint density at radius 1 is 1.14 bits per heavy atom. The molecule has 1 N–H and O–H groups in total. The Labute approximate surface area is 124 Å². The van der Waals surface area contributed by atoms with Gasteiger partial charge in [0.25, 0.3) is 0 Å². The van der Waals surface area contributed by atoms with Crippen molar-refractivity contribution in [3.8, 4) is 0 Å². The predicted octanol–water partition coefficient (Wildman–Crippen LogP) is 1.59. The van der Waals surface area contributed by atoms with Crippen LogP contribution in [-0.4, -0.2) is 47.6 Å². The van der Waals surface area contributed by atoms with Gasteiger partial charge >= 0.3 is 5.97 Å². The molecule has 0 aromatic heterocycles. The van der Waals surface area contributed by atoms with Crippen molar-refractivity contribution in [1.82, 2.24) is 4.90 Å². The molecule has 1 aromatic rings. The number of rotatable bonds is 3. The van der Waals surface area contributed by atoms with Crippen LogP contribution in [0.15, 0.2) is 30.3 Å². The van der Waals surface area contributed by atoms with Crippen LogP contribution in [0.5, 0.6) is 0 Å². The van der Waals surface area contributed by atoms with Crippen LogP contribution in [0.4, 0.5) is 5.69 Å². The topological polar surface area (TPSA) is 60.9 Å². The van der Waals surface area contributed by atoms with Crippen LogP contribution < -0.4 is 4.90 Å². The molecule has 2 aliphatic heterocycles. The lowest BCUT2D eigenvalue weighted by molar-refractivity contribution is -0.144. The summed E-state index contributed by atoms with van der Waals surface area (Å²) in [6.45, 7) is 2.03. The number of carbonyl (C=O) groups excluding carboxylic acids is 1. The number of para-hydroxylation sites is 1. The number of piperidine rings is 1. The first kappa shape index (κ1) is 14.1. The quantitative estimate of drug-likeness (QED) is 0.917. The van der Waals surface area contributed by atoms with E-state index in [1.807, 2.05) is 35.2 Å². The maximum absolute atomic E-state index is 12.6. The minimum absolute atomic E-state index is 0.104. The Bertz CT molecular complexity index is 532. The zero-order valence-electron chi connectivity index (χ0n) is 11.9. The highest BCUT2D eigenvalue weighted by Crippen LogP contribution is 2.27. The molecule has 2 atom stereocenters. The molecule has 0 bridgehead atoms. The molecule has 3 rings (SSSR count). The van der Waals surface area contributed by atoms with Gasteiger partial charge in [0.1, 0.15) is 0 Å². The fourth-order valence-corrected chi connectivity index (χ4v) is 3.36. The number of amides is 1. The molecule has 2 saturated heterocycles. The van der Waals surface area contributed by atoms with E-state index in [-0.39, 0.29) is 17.9 Å². The van der Waals surface area contributed by atoms with Gasteiger partial charge in [-0.2, -0.15) is 0 Å². The predicted molar refractivity (Wildman–Crippen MR) is 79.1 cm³/mol. The minimum atomic E-state index is -0.745. The molecule has 0 aliphatic carbocycles. The van der Waals surface area contributed by atoms with Gasteiger partial charge in [-0.25, -0.2) is 0 Å². The van der Waals surface area contributed by atoms with Gasteiger partial charge in [-0.1, -0.05) is 18.2 Å². The molecule has 0 saturated carbocycles. The number of benzene rings is 1. The van der Waals surface area contributed by atoms with E-state index in [4.69, 9.17) is 0 Å². The molecule has 0 radical (unpaired) electrons. The number of hydrogen-bond acceptors (Lipinski definition) is 3. The molecule has 2 aliphatic rings. The Morgan fingerprint density at radius 3 is 2.62 bits per heavy atom. The normalized spacial score (nSPS) is 27.0. The molecule has 0 spiro atoms.